The predicted octanol–water partition coefficient (Wildman–Crippen LogP) is 1.03. The summed E-state index contributed by atoms with van der Waals surface area (Å²) in [6, 6.07) is 0. The molecule has 0 heterocycles. The molecule has 0 atom stereocenters. The normalized spacial score (nSPS) is 9.83. The van der Waals surface area contributed by atoms with Crippen molar-refractivity contribution in [3.05, 3.63) is 0 Å². The molecule has 0 fully saturated rings. The molecule has 0 rings (SSSR count). The van der Waals surface area contributed by atoms with Gasteiger partial charge >= 0.3 is 5.97 Å². The second-order valence-electron chi connectivity index (χ2n) is 2.46. The van der Waals surface area contributed by atoms with Gasteiger partial charge in [-0.2, -0.15) is 4.89 Å². The van der Waals surface area contributed by atoms with Crippen LogP contribution in [0, 0.1) is 0 Å². The lowest BCUT2D eigenvalue weighted by molar-refractivity contribution is -0.272. The summed E-state index contributed by atoms with van der Waals surface area (Å²) in [4.78, 5) is 19.7. The van der Waals surface area contributed by atoms with Crippen molar-refractivity contribution >= 4 is 5.97 Å². The van der Waals surface area contributed by atoms with E-state index in [0.717, 1.165) is 6.42 Å². The molecule has 0 spiro atoms. The standard InChI is InChI=1S/C8H16O4/c1-2-5-8(10)12-11-7-4-3-6-9/h9H,2-7H2,1H3. The molecule has 0 aliphatic heterocycles. The van der Waals surface area contributed by atoms with Gasteiger partial charge in [-0.25, -0.2) is 4.79 Å². The lowest BCUT2D eigenvalue weighted by atomic mass is 10.3. The fourth-order valence-electron chi connectivity index (χ4n) is 0.626. The lowest BCUT2D eigenvalue weighted by Crippen LogP contribution is -2.05. The number of carbonyl (C=O) groups excluding carboxylic acids is 1. The second kappa shape index (κ2) is 8.49. The van der Waals surface area contributed by atoms with Crippen molar-refractivity contribution in [1.29, 1.82) is 0 Å². The van der Waals surface area contributed by atoms with Crippen LogP contribution in [-0.4, -0.2) is 24.3 Å². The summed E-state index contributed by atoms with van der Waals surface area (Å²) >= 11 is 0. The fraction of sp³-hybridized carbons (Fsp3) is 0.875. The summed E-state index contributed by atoms with van der Waals surface area (Å²) in [6.07, 6.45) is 2.53. The molecule has 0 aromatic heterocycles. The van der Waals surface area contributed by atoms with Crippen molar-refractivity contribution in [3.63, 3.8) is 0 Å². The first kappa shape index (κ1) is 11.4. The van der Waals surface area contributed by atoms with E-state index in [1.165, 1.54) is 0 Å². The molecule has 0 amide bonds. The highest BCUT2D eigenvalue weighted by atomic mass is 17.2. The Morgan fingerprint density at radius 2 is 2.17 bits per heavy atom. The Balaban J connectivity index is 3.03. The minimum Gasteiger partial charge on any atom is -0.396 e. The van der Waals surface area contributed by atoms with Crippen molar-refractivity contribution in [3.8, 4) is 0 Å². The van der Waals surface area contributed by atoms with Crippen LogP contribution in [0.2, 0.25) is 0 Å². The van der Waals surface area contributed by atoms with E-state index >= 15 is 0 Å². The minimum absolute atomic E-state index is 0.145. The smallest absolute Gasteiger partial charge is 0.342 e. The Bertz CT molecular complexity index is 114. The van der Waals surface area contributed by atoms with Gasteiger partial charge < -0.3 is 5.11 Å². The number of unbranched alkanes of at least 4 members (excludes halogenated alkanes) is 1. The largest absolute Gasteiger partial charge is 0.396 e. The van der Waals surface area contributed by atoms with Gasteiger partial charge in [0.2, 0.25) is 0 Å². The molecule has 0 aromatic rings. The zero-order valence-electron chi connectivity index (χ0n) is 7.41. The first-order chi connectivity index (χ1) is 5.81. The van der Waals surface area contributed by atoms with E-state index in [0.29, 0.717) is 25.9 Å². The van der Waals surface area contributed by atoms with E-state index in [2.05, 4.69) is 9.78 Å². The lowest BCUT2D eigenvalue weighted by Gasteiger charge is -2.01. The molecule has 0 unspecified atom stereocenters. The SMILES string of the molecule is CCCC(=O)OOCCCCO. The highest BCUT2D eigenvalue weighted by Gasteiger charge is 2.00. The molecule has 4 nitrogen and oxygen atoms in total. The maximum atomic E-state index is 10.7. The molecule has 4 heteroatoms. The molecule has 0 saturated carbocycles. The summed E-state index contributed by atoms with van der Waals surface area (Å²) in [6.45, 7) is 2.40. The Morgan fingerprint density at radius 3 is 2.75 bits per heavy atom. The van der Waals surface area contributed by atoms with Crippen LogP contribution in [0.1, 0.15) is 32.6 Å². The van der Waals surface area contributed by atoms with Gasteiger partial charge in [0.15, 0.2) is 0 Å². The van der Waals surface area contributed by atoms with Gasteiger partial charge in [0.1, 0.15) is 0 Å². The van der Waals surface area contributed by atoms with Gasteiger partial charge in [-0.1, -0.05) is 6.92 Å². The zero-order chi connectivity index (χ0) is 9.23. The third-order valence-electron chi connectivity index (χ3n) is 1.24. The van der Waals surface area contributed by atoms with Crippen molar-refractivity contribution in [2.45, 2.75) is 32.6 Å². The van der Waals surface area contributed by atoms with Crippen LogP contribution in [0.5, 0.6) is 0 Å². The highest BCUT2D eigenvalue weighted by Crippen LogP contribution is 1.94. The summed E-state index contributed by atoms with van der Waals surface area (Å²) in [7, 11) is 0. The Kier molecular flexibility index (Phi) is 8.05. The van der Waals surface area contributed by atoms with E-state index in [-0.39, 0.29) is 12.6 Å². The molecule has 0 aliphatic carbocycles. The average Bonchev–Trinajstić information content (AvgIpc) is 2.05. The number of rotatable bonds is 7. The van der Waals surface area contributed by atoms with Gasteiger partial charge in [0.25, 0.3) is 0 Å². The Hall–Kier alpha value is -0.610. The number of hydrogen-bond acceptors (Lipinski definition) is 4. The van der Waals surface area contributed by atoms with E-state index in [4.69, 9.17) is 5.11 Å². The highest BCUT2D eigenvalue weighted by molar-refractivity contribution is 5.68. The van der Waals surface area contributed by atoms with E-state index in [1.54, 1.807) is 0 Å². The first-order valence-electron chi connectivity index (χ1n) is 4.24. The van der Waals surface area contributed by atoms with Gasteiger partial charge in [-0.3, -0.25) is 4.89 Å². The van der Waals surface area contributed by atoms with E-state index < -0.39 is 0 Å². The van der Waals surface area contributed by atoms with Gasteiger partial charge in [-0.05, 0) is 19.3 Å². The van der Waals surface area contributed by atoms with Crippen LogP contribution >= 0.6 is 0 Å². The zero-order valence-corrected chi connectivity index (χ0v) is 7.41. The van der Waals surface area contributed by atoms with Crippen LogP contribution in [-0.2, 0) is 14.6 Å². The van der Waals surface area contributed by atoms with Gasteiger partial charge in [-0.15, -0.1) is 0 Å². The molecule has 0 aromatic carbocycles. The molecule has 0 saturated heterocycles. The Morgan fingerprint density at radius 1 is 1.42 bits per heavy atom. The van der Waals surface area contributed by atoms with E-state index in [1.807, 2.05) is 6.92 Å². The predicted molar refractivity (Wildman–Crippen MR) is 43.3 cm³/mol. The third-order valence-corrected chi connectivity index (χ3v) is 1.24. The molecule has 1 N–H and O–H groups in total. The van der Waals surface area contributed by atoms with Crippen LogP contribution in [0.15, 0.2) is 0 Å². The van der Waals surface area contributed by atoms with Gasteiger partial charge in [0, 0.05) is 13.0 Å². The van der Waals surface area contributed by atoms with E-state index in [9.17, 15) is 4.79 Å². The molecule has 12 heavy (non-hydrogen) atoms. The summed E-state index contributed by atoms with van der Waals surface area (Å²) in [5.74, 6) is -0.332. The third kappa shape index (κ3) is 7.50. The van der Waals surface area contributed by atoms with Crippen LogP contribution < -0.4 is 0 Å². The molecule has 0 bridgehead atoms. The second-order valence-corrected chi connectivity index (χ2v) is 2.46. The fourth-order valence-corrected chi connectivity index (χ4v) is 0.626. The van der Waals surface area contributed by atoms with Crippen molar-refractivity contribution in [1.82, 2.24) is 0 Å². The van der Waals surface area contributed by atoms with Crippen LogP contribution in [0.3, 0.4) is 0 Å². The summed E-state index contributed by atoms with van der Waals surface area (Å²) in [5, 5.41) is 8.40. The van der Waals surface area contributed by atoms with Crippen LogP contribution in [0.4, 0.5) is 0 Å². The summed E-state index contributed by atoms with van der Waals surface area (Å²) < 4.78 is 0. The molecule has 0 aliphatic rings. The number of aliphatic hydroxyl groups is 1. The topological polar surface area (TPSA) is 55.8 Å². The molecular weight excluding hydrogens is 160 g/mol. The number of aliphatic hydroxyl groups excluding tert-OH is 1. The monoisotopic (exact) mass is 176 g/mol. The molecule has 0 radical (unpaired) electrons. The maximum Gasteiger partial charge on any atom is 0.342 e. The summed E-state index contributed by atoms with van der Waals surface area (Å²) in [5.41, 5.74) is 0. The first-order valence-corrected chi connectivity index (χ1v) is 4.24. The molecular formula is C8H16O4. The average molecular weight is 176 g/mol. The van der Waals surface area contributed by atoms with Gasteiger partial charge in [0.05, 0.1) is 6.61 Å². The van der Waals surface area contributed by atoms with Crippen LogP contribution in [0.25, 0.3) is 0 Å². The van der Waals surface area contributed by atoms with Crippen molar-refractivity contribution < 1.29 is 19.7 Å². The minimum atomic E-state index is -0.332. The Labute approximate surface area is 72.4 Å². The van der Waals surface area contributed by atoms with Crippen molar-refractivity contribution in [2.75, 3.05) is 13.2 Å². The number of carbonyl (C=O) groups is 1. The molecule has 72 valence electrons. The maximum absolute atomic E-state index is 10.7. The quantitative estimate of drug-likeness (QED) is 0.357. The number of hydrogen-bond donors (Lipinski definition) is 1. The van der Waals surface area contributed by atoms with Crippen molar-refractivity contribution in [2.24, 2.45) is 0 Å².